The minimum atomic E-state index is 0.175. The number of thiazole rings is 1. The van der Waals surface area contributed by atoms with Crippen LogP contribution in [-0.2, 0) is 4.79 Å². The molecule has 1 aliphatic rings. The van der Waals surface area contributed by atoms with Crippen LogP contribution in [0.3, 0.4) is 0 Å². The van der Waals surface area contributed by atoms with E-state index >= 15 is 0 Å². The van der Waals surface area contributed by atoms with Gasteiger partial charge in [0.15, 0.2) is 5.13 Å². The molecular weight excluding hydrogens is 222 g/mol. The lowest BCUT2D eigenvalue weighted by Crippen LogP contribution is -2.36. The summed E-state index contributed by atoms with van der Waals surface area (Å²) in [6.07, 6.45) is 4.39. The molecular formula is C11H17N3OS. The summed E-state index contributed by atoms with van der Waals surface area (Å²) in [6, 6.07) is 0.294. The van der Waals surface area contributed by atoms with Crippen molar-refractivity contribution in [1.82, 2.24) is 10.3 Å². The Morgan fingerprint density at radius 3 is 3.31 bits per heavy atom. The van der Waals surface area contributed by atoms with Crippen LogP contribution in [0, 0.1) is 0 Å². The number of hydrogen-bond acceptors (Lipinski definition) is 4. The van der Waals surface area contributed by atoms with Crippen LogP contribution in [0.1, 0.15) is 26.2 Å². The molecule has 1 fully saturated rings. The molecule has 1 unspecified atom stereocenters. The van der Waals surface area contributed by atoms with Crippen LogP contribution in [-0.4, -0.2) is 30.0 Å². The number of nitrogens with zero attached hydrogens (tertiary/aromatic N) is 2. The third-order valence-corrected chi connectivity index (χ3v) is 3.55. The van der Waals surface area contributed by atoms with Gasteiger partial charge in [-0.2, -0.15) is 0 Å². The van der Waals surface area contributed by atoms with E-state index in [-0.39, 0.29) is 5.91 Å². The molecule has 0 spiro atoms. The third-order valence-electron chi connectivity index (χ3n) is 2.72. The van der Waals surface area contributed by atoms with Crippen molar-refractivity contribution >= 4 is 22.4 Å². The Morgan fingerprint density at radius 1 is 1.75 bits per heavy atom. The first-order valence-electron chi connectivity index (χ1n) is 5.73. The maximum atomic E-state index is 11.4. The molecule has 1 saturated heterocycles. The van der Waals surface area contributed by atoms with Gasteiger partial charge in [-0.1, -0.05) is 6.92 Å². The fourth-order valence-corrected chi connectivity index (χ4v) is 2.63. The van der Waals surface area contributed by atoms with Crippen LogP contribution >= 0.6 is 11.3 Å². The largest absolute Gasteiger partial charge is 0.352 e. The molecule has 88 valence electrons. The molecule has 5 heteroatoms. The van der Waals surface area contributed by atoms with Crippen molar-refractivity contribution in [3.05, 3.63) is 11.6 Å². The number of aromatic nitrogens is 1. The average molecular weight is 239 g/mol. The predicted octanol–water partition coefficient (Wildman–Crippen LogP) is 1.64. The minimum Gasteiger partial charge on any atom is -0.352 e. The van der Waals surface area contributed by atoms with Crippen LogP contribution in [0.25, 0.3) is 0 Å². The lowest BCUT2D eigenvalue weighted by Gasteiger charge is -2.15. The zero-order chi connectivity index (χ0) is 11.4. The van der Waals surface area contributed by atoms with E-state index in [1.807, 2.05) is 18.5 Å². The van der Waals surface area contributed by atoms with E-state index in [2.05, 4.69) is 15.2 Å². The molecule has 2 heterocycles. The fraction of sp³-hybridized carbons (Fsp3) is 0.636. The highest BCUT2D eigenvalue weighted by Crippen LogP contribution is 2.22. The first-order chi connectivity index (χ1) is 7.79. The summed E-state index contributed by atoms with van der Waals surface area (Å²) >= 11 is 1.65. The predicted molar refractivity (Wildman–Crippen MR) is 65.8 cm³/mol. The molecule has 0 aliphatic carbocycles. The van der Waals surface area contributed by atoms with Gasteiger partial charge in [0, 0.05) is 37.1 Å². The van der Waals surface area contributed by atoms with E-state index in [4.69, 9.17) is 0 Å². The molecule has 1 aromatic rings. The molecule has 1 aliphatic heterocycles. The van der Waals surface area contributed by atoms with Crippen molar-refractivity contribution in [2.45, 2.75) is 32.2 Å². The number of anilines is 1. The molecule has 0 bridgehead atoms. The Bertz CT molecular complexity index is 339. The zero-order valence-corrected chi connectivity index (χ0v) is 10.3. The van der Waals surface area contributed by atoms with Gasteiger partial charge in [-0.3, -0.25) is 4.79 Å². The molecule has 16 heavy (non-hydrogen) atoms. The van der Waals surface area contributed by atoms with Gasteiger partial charge in [0.1, 0.15) is 0 Å². The summed E-state index contributed by atoms with van der Waals surface area (Å²) in [7, 11) is 0. The molecule has 0 saturated carbocycles. The second-order valence-electron chi connectivity index (χ2n) is 4.06. The molecule has 1 aromatic heterocycles. The summed E-state index contributed by atoms with van der Waals surface area (Å²) in [6.45, 7) is 3.91. The monoisotopic (exact) mass is 239 g/mol. The van der Waals surface area contributed by atoms with Crippen molar-refractivity contribution in [3.63, 3.8) is 0 Å². The molecule has 4 nitrogen and oxygen atoms in total. The topological polar surface area (TPSA) is 45.2 Å². The van der Waals surface area contributed by atoms with E-state index in [0.29, 0.717) is 12.5 Å². The molecule has 0 radical (unpaired) electrons. The highest BCUT2D eigenvalue weighted by atomic mass is 32.1. The van der Waals surface area contributed by atoms with Crippen LogP contribution in [0.4, 0.5) is 5.13 Å². The van der Waals surface area contributed by atoms with Gasteiger partial charge in [-0.25, -0.2) is 4.98 Å². The maximum absolute atomic E-state index is 11.4. The second-order valence-corrected chi connectivity index (χ2v) is 4.94. The average Bonchev–Trinajstić information content (AvgIpc) is 2.86. The third kappa shape index (κ3) is 2.72. The molecule has 1 N–H and O–H groups in total. The number of amides is 1. The smallest absolute Gasteiger partial charge is 0.220 e. The van der Waals surface area contributed by atoms with E-state index < -0.39 is 0 Å². The van der Waals surface area contributed by atoms with Crippen LogP contribution in [0.2, 0.25) is 0 Å². The molecule has 0 aromatic carbocycles. The van der Waals surface area contributed by atoms with Gasteiger partial charge in [-0.05, 0) is 12.8 Å². The van der Waals surface area contributed by atoms with Crippen molar-refractivity contribution in [2.75, 3.05) is 18.0 Å². The van der Waals surface area contributed by atoms with Gasteiger partial charge in [-0.15, -0.1) is 11.3 Å². The highest BCUT2D eigenvalue weighted by Gasteiger charge is 2.24. The molecule has 1 amide bonds. The lowest BCUT2D eigenvalue weighted by molar-refractivity contribution is -0.121. The van der Waals surface area contributed by atoms with Gasteiger partial charge in [0.25, 0.3) is 0 Å². The van der Waals surface area contributed by atoms with Gasteiger partial charge >= 0.3 is 0 Å². The number of hydrogen-bond donors (Lipinski definition) is 1. The van der Waals surface area contributed by atoms with Crippen molar-refractivity contribution in [1.29, 1.82) is 0 Å². The van der Waals surface area contributed by atoms with Crippen LogP contribution in [0.5, 0.6) is 0 Å². The first kappa shape index (κ1) is 11.4. The summed E-state index contributed by atoms with van der Waals surface area (Å²) in [4.78, 5) is 18.0. The van der Waals surface area contributed by atoms with Gasteiger partial charge < -0.3 is 10.2 Å². The quantitative estimate of drug-likeness (QED) is 0.868. The summed E-state index contributed by atoms with van der Waals surface area (Å²) in [5.74, 6) is 0.175. The summed E-state index contributed by atoms with van der Waals surface area (Å²) in [5.41, 5.74) is 0. The lowest BCUT2D eigenvalue weighted by atomic mass is 10.2. The standard InChI is InChI=1S/C11H17N3OS/c1-2-3-10(15)13-9-4-6-14(8-9)11-12-5-7-16-11/h5,7,9H,2-4,6,8H2,1H3,(H,13,15). The van der Waals surface area contributed by atoms with Gasteiger partial charge in [0.05, 0.1) is 0 Å². The van der Waals surface area contributed by atoms with E-state index in [9.17, 15) is 4.79 Å². The van der Waals surface area contributed by atoms with Gasteiger partial charge in [0.2, 0.25) is 5.91 Å². The Labute approximate surface area is 99.7 Å². The Balaban J connectivity index is 1.82. The van der Waals surface area contributed by atoms with Crippen molar-refractivity contribution in [3.8, 4) is 0 Å². The Morgan fingerprint density at radius 2 is 2.62 bits per heavy atom. The highest BCUT2D eigenvalue weighted by molar-refractivity contribution is 7.13. The normalized spacial score (nSPS) is 20.1. The van der Waals surface area contributed by atoms with E-state index in [1.165, 1.54) is 0 Å². The fourth-order valence-electron chi connectivity index (χ4n) is 1.95. The number of rotatable bonds is 4. The molecule has 1 atom stereocenters. The minimum absolute atomic E-state index is 0.175. The SMILES string of the molecule is CCCC(=O)NC1CCN(c2nccs2)C1. The van der Waals surface area contributed by atoms with Crippen LogP contribution in [0.15, 0.2) is 11.6 Å². The summed E-state index contributed by atoms with van der Waals surface area (Å²) < 4.78 is 0. The number of carbonyl (C=O) groups is 1. The second kappa shape index (κ2) is 5.30. The Hall–Kier alpha value is -1.10. The van der Waals surface area contributed by atoms with E-state index in [1.54, 1.807) is 11.3 Å². The summed E-state index contributed by atoms with van der Waals surface area (Å²) in [5, 5.41) is 6.11. The molecule has 2 rings (SSSR count). The van der Waals surface area contributed by atoms with E-state index in [0.717, 1.165) is 31.1 Å². The number of nitrogens with one attached hydrogen (secondary N) is 1. The maximum Gasteiger partial charge on any atom is 0.220 e. The Kier molecular flexibility index (Phi) is 3.77. The number of carbonyl (C=O) groups excluding carboxylic acids is 1. The van der Waals surface area contributed by atoms with Crippen molar-refractivity contribution in [2.24, 2.45) is 0 Å². The van der Waals surface area contributed by atoms with Crippen molar-refractivity contribution < 1.29 is 4.79 Å². The zero-order valence-electron chi connectivity index (χ0n) is 9.48. The van der Waals surface area contributed by atoms with Crippen LogP contribution < -0.4 is 10.2 Å². The first-order valence-corrected chi connectivity index (χ1v) is 6.61.